The van der Waals surface area contributed by atoms with E-state index in [0.717, 1.165) is 5.01 Å². The molecule has 0 bridgehead atoms. The van der Waals surface area contributed by atoms with Gasteiger partial charge in [0.15, 0.2) is 5.72 Å². The smallest absolute Gasteiger partial charge is 0.276 e. The lowest BCUT2D eigenvalue weighted by atomic mass is 9.96. The molecule has 27 heavy (non-hydrogen) atoms. The first-order valence-electron chi connectivity index (χ1n) is 7.83. The zero-order valence-electron chi connectivity index (χ0n) is 14.1. The largest absolute Gasteiger partial charge is 0.365 e. The second-order valence-electron chi connectivity index (χ2n) is 6.06. The first-order valence-corrected chi connectivity index (χ1v) is 7.83. The van der Waals surface area contributed by atoms with Gasteiger partial charge < -0.3 is 5.11 Å². The van der Waals surface area contributed by atoms with E-state index < -0.39 is 21.5 Å². The third-order valence-electron chi connectivity index (χ3n) is 4.16. The molecule has 0 fully saturated rings. The maximum atomic E-state index is 12.8. The van der Waals surface area contributed by atoms with Crippen LogP contribution in [0.15, 0.2) is 53.6 Å². The zero-order valence-corrected chi connectivity index (χ0v) is 14.1. The van der Waals surface area contributed by atoms with Crippen molar-refractivity contribution in [1.82, 2.24) is 5.01 Å². The van der Waals surface area contributed by atoms with E-state index in [1.165, 1.54) is 48.5 Å². The molecule has 0 saturated carbocycles. The Labute approximate surface area is 152 Å². The highest BCUT2D eigenvalue weighted by Crippen LogP contribution is 2.37. The monoisotopic (exact) mass is 370 g/mol. The summed E-state index contributed by atoms with van der Waals surface area (Å²) >= 11 is 0. The molecule has 0 aliphatic carbocycles. The lowest BCUT2D eigenvalue weighted by Crippen LogP contribution is -2.43. The Bertz CT molecular complexity index is 972. The number of hydrogen-bond donors (Lipinski definition) is 1. The Morgan fingerprint density at radius 1 is 1.11 bits per heavy atom. The van der Waals surface area contributed by atoms with Crippen molar-refractivity contribution >= 4 is 23.0 Å². The molecule has 3 rings (SSSR count). The molecule has 138 valence electrons. The Balaban J connectivity index is 1.99. The van der Waals surface area contributed by atoms with Crippen LogP contribution in [0.3, 0.4) is 0 Å². The molecule has 0 saturated heterocycles. The summed E-state index contributed by atoms with van der Waals surface area (Å²) in [6.45, 7) is 1.62. The Morgan fingerprint density at radius 2 is 1.74 bits per heavy atom. The second-order valence-corrected chi connectivity index (χ2v) is 6.06. The first-order chi connectivity index (χ1) is 12.7. The summed E-state index contributed by atoms with van der Waals surface area (Å²) in [4.78, 5) is 33.4. The number of nitro benzene ring substituents is 2. The number of amides is 1. The van der Waals surface area contributed by atoms with Gasteiger partial charge in [-0.15, -0.1) is 0 Å². The van der Waals surface area contributed by atoms with Gasteiger partial charge in [-0.1, -0.05) is 12.1 Å². The fourth-order valence-corrected chi connectivity index (χ4v) is 2.87. The molecule has 1 aliphatic rings. The topological polar surface area (TPSA) is 139 Å². The number of nitro groups is 2. The highest BCUT2D eigenvalue weighted by molar-refractivity contribution is 5.98. The number of hydrogen-bond acceptors (Lipinski definition) is 7. The molecule has 10 nitrogen and oxygen atoms in total. The van der Waals surface area contributed by atoms with Crippen molar-refractivity contribution in [1.29, 1.82) is 0 Å². The molecule has 2 aromatic rings. The predicted molar refractivity (Wildman–Crippen MR) is 94.0 cm³/mol. The van der Waals surface area contributed by atoms with Crippen LogP contribution in [0, 0.1) is 20.2 Å². The van der Waals surface area contributed by atoms with Gasteiger partial charge in [0.2, 0.25) is 0 Å². The average molecular weight is 370 g/mol. The summed E-state index contributed by atoms with van der Waals surface area (Å²) in [5.74, 6) is -0.684. The number of benzene rings is 2. The van der Waals surface area contributed by atoms with Gasteiger partial charge in [0.1, 0.15) is 0 Å². The SMILES string of the molecule is CC1=NN(C(=O)c2ccc([N+](=O)[O-])cc2)[C@@](O)(c2cccc([N+](=O)[O-])c2)C1. The minimum atomic E-state index is -1.89. The van der Waals surface area contributed by atoms with Gasteiger partial charge in [-0.2, -0.15) is 10.1 Å². The van der Waals surface area contributed by atoms with Crippen molar-refractivity contribution in [2.45, 2.75) is 19.1 Å². The van der Waals surface area contributed by atoms with E-state index in [2.05, 4.69) is 5.10 Å². The van der Waals surface area contributed by atoms with Gasteiger partial charge in [-0.25, -0.2) is 0 Å². The fraction of sp³-hybridized carbons (Fsp3) is 0.176. The molecule has 0 spiro atoms. The Kier molecular flexibility index (Phi) is 4.42. The minimum absolute atomic E-state index is 0.0209. The van der Waals surface area contributed by atoms with Crippen LogP contribution in [0.5, 0.6) is 0 Å². The van der Waals surface area contributed by atoms with Crippen LogP contribution < -0.4 is 0 Å². The predicted octanol–water partition coefficient (Wildman–Crippen LogP) is 2.57. The van der Waals surface area contributed by atoms with Crippen molar-refractivity contribution in [2.24, 2.45) is 5.10 Å². The van der Waals surface area contributed by atoms with Crippen LogP contribution in [0.25, 0.3) is 0 Å². The molecule has 1 aliphatic heterocycles. The molecule has 1 heterocycles. The normalized spacial score (nSPS) is 18.9. The van der Waals surface area contributed by atoms with Gasteiger partial charge in [-0.05, 0) is 19.1 Å². The van der Waals surface area contributed by atoms with Gasteiger partial charge in [0, 0.05) is 47.5 Å². The van der Waals surface area contributed by atoms with E-state index in [1.807, 2.05) is 0 Å². The van der Waals surface area contributed by atoms with E-state index in [4.69, 9.17) is 0 Å². The van der Waals surface area contributed by atoms with Gasteiger partial charge >= 0.3 is 0 Å². The molecular weight excluding hydrogens is 356 g/mol. The Hall–Kier alpha value is -3.66. The third kappa shape index (κ3) is 3.25. The number of hydrazone groups is 1. The van der Waals surface area contributed by atoms with Crippen molar-refractivity contribution in [3.05, 3.63) is 79.9 Å². The molecule has 0 aromatic heterocycles. The molecule has 1 N–H and O–H groups in total. The van der Waals surface area contributed by atoms with E-state index in [-0.39, 0.29) is 28.9 Å². The van der Waals surface area contributed by atoms with E-state index in [0.29, 0.717) is 5.71 Å². The van der Waals surface area contributed by atoms with Gasteiger partial charge in [0.25, 0.3) is 17.3 Å². The maximum absolute atomic E-state index is 12.8. The molecule has 10 heteroatoms. The molecule has 2 aromatic carbocycles. The molecule has 0 radical (unpaired) electrons. The van der Waals surface area contributed by atoms with Crippen LogP contribution in [0.2, 0.25) is 0 Å². The van der Waals surface area contributed by atoms with Crippen LogP contribution in [0.1, 0.15) is 29.3 Å². The Morgan fingerprint density at radius 3 is 2.33 bits per heavy atom. The number of aliphatic hydroxyl groups is 1. The van der Waals surface area contributed by atoms with Crippen molar-refractivity contribution in [2.75, 3.05) is 0 Å². The summed E-state index contributed by atoms with van der Waals surface area (Å²) in [6, 6.07) is 10.2. The van der Waals surface area contributed by atoms with Gasteiger partial charge in [0.05, 0.1) is 9.85 Å². The zero-order chi connectivity index (χ0) is 19.8. The van der Waals surface area contributed by atoms with Crippen LogP contribution in [-0.4, -0.2) is 31.6 Å². The van der Waals surface area contributed by atoms with E-state index >= 15 is 0 Å². The first kappa shape index (κ1) is 18.1. The van der Waals surface area contributed by atoms with Gasteiger partial charge in [-0.3, -0.25) is 25.0 Å². The average Bonchev–Trinajstić information content (AvgIpc) is 2.97. The van der Waals surface area contributed by atoms with Crippen molar-refractivity contribution in [3.63, 3.8) is 0 Å². The lowest BCUT2D eigenvalue weighted by Gasteiger charge is -2.31. The van der Waals surface area contributed by atoms with Crippen molar-refractivity contribution < 1.29 is 19.7 Å². The summed E-state index contributed by atoms with van der Waals surface area (Å²) in [6.07, 6.45) is -0.0209. The number of carbonyl (C=O) groups is 1. The maximum Gasteiger partial charge on any atom is 0.276 e. The fourth-order valence-electron chi connectivity index (χ4n) is 2.87. The summed E-state index contributed by atoms with van der Waals surface area (Å²) in [5.41, 5.74) is -1.61. The third-order valence-corrected chi connectivity index (χ3v) is 4.16. The highest BCUT2D eigenvalue weighted by Gasteiger charge is 2.45. The molecule has 1 amide bonds. The second kappa shape index (κ2) is 6.57. The number of rotatable bonds is 4. The summed E-state index contributed by atoms with van der Waals surface area (Å²) < 4.78 is 0. The molecule has 0 unspecified atom stereocenters. The number of nitrogens with zero attached hydrogens (tertiary/aromatic N) is 4. The highest BCUT2D eigenvalue weighted by atomic mass is 16.6. The minimum Gasteiger partial charge on any atom is -0.365 e. The summed E-state index contributed by atoms with van der Waals surface area (Å²) in [7, 11) is 0. The van der Waals surface area contributed by atoms with Crippen molar-refractivity contribution in [3.8, 4) is 0 Å². The quantitative estimate of drug-likeness (QED) is 0.648. The van der Waals surface area contributed by atoms with E-state index in [1.54, 1.807) is 6.92 Å². The van der Waals surface area contributed by atoms with Crippen LogP contribution in [-0.2, 0) is 5.72 Å². The number of non-ortho nitro benzene ring substituents is 2. The van der Waals surface area contributed by atoms with Crippen LogP contribution in [0.4, 0.5) is 11.4 Å². The molecule has 1 atom stereocenters. The lowest BCUT2D eigenvalue weighted by molar-refractivity contribution is -0.385. The standard InChI is InChI=1S/C17H14N4O6/c1-11-10-17(23,13-3-2-4-15(9-13)21(26)27)19(18-11)16(22)12-5-7-14(8-6-12)20(24)25/h2-9,23H,10H2,1H3/t17-/m0/s1. The van der Waals surface area contributed by atoms with E-state index in [9.17, 15) is 30.1 Å². The number of carbonyl (C=O) groups excluding carboxylic acids is 1. The molecular formula is C17H14N4O6. The van der Waals surface area contributed by atoms with Crippen LogP contribution >= 0.6 is 0 Å². The summed E-state index contributed by atoms with van der Waals surface area (Å²) in [5, 5.41) is 37.8.